The molecule has 1 unspecified atom stereocenters. The summed E-state index contributed by atoms with van der Waals surface area (Å²) in [4.78, 5) is 8.75. The van der Waals surface area contributed by atoms with Crippen molar-refractivity contribution in [1.29, 1.82) is 0 Å². The summed E-state index contributed by atoms with van der Waals surface area (Å²) >= 11 is 3.60. The first-order chi connectivity index (χ1) is 10.2. The molecule has 1 heterocycles. The molecule has 4 heteroatoms. The van der Waals surface area contributed by atoms with Gasteiger partial charge < -0.3 is 5.32 Å². The van der Waals surface area contributed by atoms with E-state index in [4.69, 9.17) is 0 Å². The summed E-state index contributed by atoms with van der Waals surface area (Å²) in [5.74, 6) is 0. The zero-order valence-corrected chi connectivity index (χ0v) is 13.6. The highest BCUT2D eigenvalue weighted by atomic mass is 79.9. The van der Waals surface area contributed by atoms with Crippen LogP contribution in [0, 0.1) is 6.92 Å². The molecular formula is C17H16BrN3. The number of rotatable bonds is 3. The van der Waals surface area contributed by atoms with E-state index in [0.717, 1.165) is 21.5 Å². The minimum Gasteiger partial charge on any atom is -0.376 e. The lowest BCUT2D eigenvalue weighted by atomic mass is 10.1. The van der Waals surface area contributed by atoms with Crippen LogP contribution in [0.3, 0.4) is 0 Å². The highest BCUT2D eigenvalue weighted by Gasteiger charge is 2.12. The molecule has 3 rings (SSSR count). The van der Waals surface area contributed by atoms with E-state index in [2.05, 4.69) is 68.5 Å². The number of aryl methyl sites for hydroxylation is 1. The largest absolute Gasteiger partial charge is 0.376 e. The lowest BCUT2D eigenvalue weighted by Gasteiger charge is -2.18. The van der Waals surface area contributed by atoms with Gasteiger partial charge in [-0.2, -0.15) is 0 Å². The molecule has 0 radical (unpaired) electrons. The highest BCUT2D eigenvalue weighted by molar-refractivity contribution is 9.10. The van der Waals surface area contributed by atoms with E-state index in [1.165, 1.54) is 10.8 Å². The van der Waals surface area contributed by atoms with Gasteiger partial charge in [0.05, 0.1) is 17.4 Å². The zero-order valence-electron chi connectivity index (χ0n) is 12.0. The third-order valence-corrected chi connectivity index (χ3v) is 4.26. The summed E-state index contributed by atoms with van der Waals surface area (Å²) in [6, 6.07) is 12.6. The standard InChI is InChI=1S/C17H16BrN3/c1-11-17(20-10-9-19-11)12(2)21-16-8-7-15(18)13-5-3-4-6-14(13)16/h3-10,12,21H,1-2H3. The molecule has 0 spiro atoms. The Hall–Kier alpha value is -1.94. The topological polar surface area (TPSA) is 37.8 Å². The molecule has 0 aliphatic heterocycles. The van der Waals surface area contributed by atoms with E-state index >= 15 is 0 Å². The molecule has 0 aliphatic rings. The van der Waals surface area contributed by atoms with E-state index in [9.17, 15) is 0 Å². The molecule has 0 saturated carbocycles. The lowest BCUT2D eigenvalue weighted by molar-refractivity contribution is 0.811. The minimum absolute atomic E-state index is 0.100. The van der Waals surface area contributed by atoms with Crippen LogP contribution in [0.4, 0.5) is 5.69 Å². The van der Waals surface area contributed by atoms with Gasteiger partial charge in [0.25, 0.3) is 0 Å². The van der Waals surface area contributed by atoms with Crippen molar-refractivity contribution < 1.29 is 0 Å². The second-order valence-electron chi connectivity index (χ2n) is 5.03. The Balaban J connectivity index is 1.99. The number of hydrogen-bond acceptors (Lipinski definition) is 3. The quantitative estimate of drug-likeness (QED) is 0.738. The predicted molar refractivity (Wildman–Crippen MR) is 90.5 cm³/mol. The van der Waals surface area contributed by atoms with Gasteiger partial charge in [0.15, 0.2) is 0 Å². The van der Waals surface area contributed by atoms with Gasteiger partial charge in [-0.15, -0.1) is 0 Å². The summed E-state index contributed by atoms with van der Waals surface area (Å²) in [5.41, 5.74) is 3.04. The molecule has 106 valence electrons. The lowest BCUT2D eigenvalue weighted by Crippen LogP contribution is -2.11. The molecule has 0 saturated heterocycles. The molecule has 0 fully saturated rings. The molecule has 3 nitrogen and oxygen atoms in total. The summed E-state index contributed by atoms with van der Waals surface area (Å²) in [5, 5.41) is 5.94. The van der Waals surface area contributed by atoms with Gasteiger partial charge in [-0.05, 0) is 31.4 Å². The molecule has 0 amide bonds. The van der Waals surface area contributed by atoms with Crippen molar-refractivity contribution >= 4 is 32.4 Å². The second-order valence-corrected chi connectivity index (χ2v) is 5.89. The number of aromatic nitrogens is 2. The van der Waals surface area contributed by atoms with Gasteiger partial charge >= 0.3 is 0 Å². The van der Waals surface area contributed by atoms with Gasteiger partial charge in [0.2, 0.25) is 0 Å². The molecular weight excluding hydrogens is 326 g/mol. The predicted octanol–water partition coefficient (Wildman–Crippen LogP) is 4.87. The molecule has 3 aromatic rings. The molecule has 1 N–H and O–H groups in total. The summed E-state index contributed by atoms with van der Waals surface area (Å²) < 4.78 is 1.10. The summed E-state index contributed by atoms with van der Waals surface area (Å²) in [7, 11) is 0. The van der Waals surface area contributed by atoms with E-state index in [-0.39, 0.29) is 6.04 Å². The van der Waals surface area contributed by atoms with Crippen molar-refractivity contribution in [2.75, 3.05) is 5.32 Å². The van der Waals surface area contributed by atoms with Crippen molar-refractivity contribution in [1.82, 2.24) is 9.97 Å². The molecule has 1 atom stereocenters. The van der Waals surface area contributed by atoms with E-state index < -0.39 is 0 Å². The Morgan fingerprint density at radius 1 is 1.00 bits per heavy atom. The van der Waals surface area contributed by atoms with Crippen LogP contribution in [-0.4, -0.2) is 9.97 Å². The number of halogens is 1. The molecule has 0 aliphatic carbocycles. The second kappa shape index (κ2) is 5.82. The third-order valence-electron chi connectivity index (χ3n) is 3.57. The van der Waals surface area contributed by atoms with Crippen LogP contribution in [0.25, 0.3) is 10.8 Å². The average Bonchev–Trinajstić information content (AvgIpc) is 2.51. The Morgan fingerprint density at radius 2 is 1.71 bits per heavy atom. The highest BCUT2D eigenvalue weighted by Crippen LogP contribution is 2.31. The summed E-state index contributed by atoms with van der Waals surface area (Å²) in [6.45, 7) is 4.09. The van der Waals surface area contributed by atoms with Crippen molar-refractivity contribution in [2.45, 2.75) is 19.9 Å². The molecule has 1 aromatic heterocycles. The van der Waals surface area contributed by atoms with Crippen LogP contribution in [0.2, 0.25) is 0 Å². The van der Waals surface area contributed by atoms with E-state index in [1.54, 1.807) is 12.4 Å². The van der Waals surface area contributed by atoms with Crippen LogP contribution in [0.1, 0.15) is 24.4 Å². The van der Waals surface area contributed by atoms with Crippen molar-refractivity contribution in [3.63, 3.8) is 0 Å². The zero-order chi connectivity index (χ0) is 14.8. The minimum atomic E-state index is 0.100. The number of hydrogen-bond donors (Lipinski definition) is 1. The van der Waals surface area contributed by atoms with Crippen LogP contribution < -0.4 is 5.32 Å². The number of anilines is 1. The first kappa shape index (κ1) is 14.0. The van der Waals surface area contributed by atoms with Crippen LogP contribution in [0.5, 0.6) is 0 Å². The maximum atomic E-state index is 4.44. The smallest absolute Gasteiger partial charge is 0.0835 e. The third kappa shape index (κ3) is 2.76. The van der Waals surface area contributed by atoms with E-state index in [0.29, 0.717) is 0 Å². The Kier molecular flexibility index (Phi) is 3.88. The van der Waals surface area contributed by atoms with Crippen molar-refractivity contribution in [2.24, 2.45) is 0 Å². The van der Waals surface area contributed by atoms with Crippen molar-refractivity contribution in [3.05, 3.63) is 64.7 Å². The number of nitrogens with zero attached hydrogens (tertiary/aromatic N) is 2. The molecule has 2 aromatic carbocycles. The first-order valence-electron chi connectivity index (χ1n) is 6.88. The number of nitrogens with one attached hydrogen (secondary N) is 1. The van der Waals surface area contributed by atoms with Gasteiger partial charge in [-0.3, -0.25) is 9.97 Å². The molecule has 21 heavy (non-hydrogen) atoms. The van der Waals surface area contributed by atoms with Crippen molar-refractivity contribution in [3.8, 4) is 0 Å². The monoisotopic (exact) mass is 341 g/mol. The maximum Gasteiger partial charge on any atom is 0.0835 e. The van der Waals surface area contributed by atoms with Gasteiger partial charge in [0, 0.05) is 27.9 Å². The molecule has 0 bridgehead atoms. The van der Waals surface area contributed by atoms with Gasteiger partial charge in [0.1, 0.15) is 0 Å². The SMILES string of the molecule is Cc1nccnc1C(C)Nc1ccc(Br)c2ccccc12. The Morgan fingerprint density at radius 3 is 2.48 bits per heavy atom. The fourth-order valence-electron chi connectivity index (χ4n) is 2.53. The fraction of sp³-hybridized carbons (Fsp3) is 0.176. The van der Waals surface area contributed by atoms with Crippen LogP contribution in [0.15, 0.2) is 53.3 Å². The van der Waals surface area contributed by atoms with Gasteiger partial charge in [-0.1, -0.05) is 40.2 Å². The Bertz CT molecular complexity index is 786. The van der Waals surface area contributed by atoms with Gasteiger partial charge in [-0.25, -0.2) is 0 Å². The van der Waals surface area contributed by atoms with Crippen LogP contribution in [-0.2, 0) is 0 Å². The average molecular weight is 342 g/mol. The summed E-state index contributed by atoms with van der Waals surface area (Å²) in [6.07, 6.45) is 3.46. The number of benzene rings is 2. The van der Waals surface area contributed by atoms with Crippen LogP contribution >= 0.6 is 15.9 Å². The fourth-order valence-corrected chi connectivity index (χ4v) is 3.01. The van der Waals surface area contributed by atoms with E-state index in [1.807, 2.05) is 13.0 Å². The maximum absolute atomic E-state index is 4.44. The first-order valence-corrected chi connectivity index (χ1v) is 7.67. The number of fused-ring (bicyclic) bond motifs is 1. The normalized spacial score (nSPS) is 12.3. The Labute approximate surface area is 132 Å².